The maximum atomic E-state index is 13.2. The molecule has 0 spiro atoms. The molecular formula is C21H17ClFNO5S. The standard InChI is InChI=1S/C21H17ClFNO5S/c1-2-28-19(25)12-29-16-7-3-13(4-8-16)9-18-20(26)24(21(27)30-18)11-14-5-6-15(23)10-17(14)22/h3-10H,2,11-12H2,1H3/b18-9-. The van der Waals surface area contributed by atoms with Crippen molar-refractivity contribution in [2.45, 2.75) is 13.5 Å². The largest absolute Gasteiger partial charge is 0.482 e. The van der Waals surface area contributed by atoms with E-state index in [-0.39, 0.29) is 29.7 Å². The molecule has 0 unspecified atom stereocenters. The molecule has 0 atom stereocenters. The number of hydrogen-bond donors (Lipinski definition) is 0. The molecule has 156 valence electrons. The molecule has 1 saturated heterocycles. The Bertz CT molecular complexity index is 1010. The van der Waals surface area contributed by atoms with Crippen molar-refractivity contribution in [3.63, 3.8) is 0 Å². The lowest BCUT2D eigenvalue weighted by Crippen LogP contribution is -2.27. The van der Waals surface area contributed by atoms with Crippen LogP contribution in [0.3, 0.4) is 0 Å². The number of ether oxygens (including phenoxy) is 2. The molecule has 30 heavy (non-hydrogen) atoms. The molecule has 9 heteroatoms. The van der Waals surface area contributed by atoms with Gasteiger partial charge in [0.15, 0.2) is 6.61 Å². The first-order valence-corrected chi connectivity index (χ1v) is 10.1. The number of hydrogen-bond acceptors (Lipinski definition) is 6. The van der Waals surface area contributed by atoms with Crippen molar-refractivity contribution < 1.29 is 28.2 Å². The molecular weight excluding hydrogens is 433 g/mol. The van der Waals surface area contributed by atoms with Gasteiger partial charge in [0.1, 0.15) is 11.6 Å². The van der Waals surface area contributed by atoms with E-state index in [9.17, 15) is 18.8 Å². The van der Waals surface area contributed by atoms with E-state index in [1.165, 1.54) is 12.1 Å². The molecule has 1 aliphatic heterocycles. The number of halogens is 2. The molecule has 1 fully saturated rings. The highest BCUT2D eigenvalue weighted by Gasteiger charge is 2.35. The van der Waals surface area contributed by atoms with Crippen molar-refractivity contribution in [3.05, 3.63) is 69.3 Å². The SMILES string of the molecule is CCOC(=O)COc1ccc(/C=C2\SC(=O)N(Cc3ccc(F)cc3Cl)C2=O)cc1. The second-order valence-corrected chi connectivity index (χ2v) is 7.57. The summed E-state index contributed by atoms with van der Waals surface area (Å²) in [5, 5.41) is -0.280. The van der Waals surface area contributed by atoms with E-state index in [1.54, 1.807) is 37.3 Å². The summed E-state index contributed by atoms with van der Waals surface area (Å²) in [7, 11) is 0. The molecule has 1 aliphatic rings. The molecule has 0 aromatic heterocycles. The lowest BCUT2D eigenvalue weighted by Gasteiger charge is -2.13. The highest BCUT2D eigenvalue weighted by atomic mass is 35.5. The minimum atomic E-state index is -0.493. The van der Waals surface area contributed by atoms with Crippen molar-refractivity contribution in [1.82, 2.24) is 4.90 Å². The van der Waals surface area contributed by atoms with Gasteiger partial charge in [-0.3, -0.25) is 14.5 Å². The van der Waals surface area contributed by atoms with Crippen LogP contribution in [0.4, 0.5) is 9.18 Å². The molecule has 2 aromatic rings. The van der Waals surface area contributed by atoms with Gasteiger partial charge in [0.2, 0.25) is 0 Å². The Morgan fingerprint density at radius 3 is 2.60 bits per heavy atom. The Hall–Kier alpha value is -2.84. The number of carbonyl (C=O) groups is 3. The molecule has 0 N–H and O–H groups in total. The van der Waals surface area contributed by atoms with E-state index in [4.69, 9.17) is 21.1 Å². The van der Waals surface area contributed by atoms with Crippen LogP contribution in [0.5, 0.6) is 5.75 Å². The van der Waals surface area contributed by atoms with Gasteiger partial charge in [0, 0.05) is 5.02 Å². The van der Waals surface area contributed by atoms with Gasteiger partial charge in [-0.15, -0.1) is 0 Å². The molecule has 2 aromatic carbocycles. The normalized spacial score (nSPS) is 15.0. The third-order valence-corrected chi connectivity index (χ3v) is 5.32. The van der Waals surface area contributed by atoms with E-state index in [0.29, 0.717) is 16.9 Å². The zero-order valence-electron chi connectivity index (χ0n) is 15.9. The topological polar surface area (TPSA) is 72.9 Å². The van der Waals surface area contributed by atoms with Crippen molar-refractivity contribution >= 4 is 46.6 Å². The zero-order chi connectivity index (χ0) is 21.7. The highest BCUT2D eigenvalue weighted by Crippen LogP contribution is 2.34. The van der Waals surface area contributed by atoms with E-state index in [1.807, 2.05) is 0 Å². The highest BCUT2D eigenvalue weighted by molar-refractivity contribution is 8.18. The van der Waals surface area contributed by atoms with Gasteiger partial charge in [0.25, 0.3) is 11.1 Å². The Balaban J connectivity index is 1.66. The van der Waals surface area contributed by atoms with Crippen LogP contribution < -0.4 is 4.74 Å². The van der Waals surface area contributed by atoms with Crippen molar-refractivity contribution in [1.29, 1.82) is 0 Å². The summed E-state index contributed by atoms with van der Waals surface area (Å²) in [6.45, 7) is 1.76. The molecule has 1 heterocycles. The number of imide groups is 1. The summed E-state index contributed by atoms with van der Waals surface area (Å²) in [6.07, 6.45) is 1.59. The summed E-state index contributed by atoms with van der Waals surface area (Å²) in [6, 6.07) is 10.5. The van der Waals surface area contributed by atoms with Crippen molar-refractivity contribution in [2.75, 3.05) is 13.2 Å². The first-order valence-electron chi connectivity index (χ1n) is 8.95. The summed E-state index contributed by atoms with van der Waals surface area (Å²) in [4.78, 5) is 37.5. The Kier molecular flexibility index (Phi) is 7.12. The van der Waals surface area contributed by atoms with Crippen LogP contribution in [-0.2, 0) is 20.9 Å². The van der Waals surface area contributed by atoms with Crippen LogP contribution in [0.1, 0.15) is 18.1 Å². The number of benzene rings is 2. The monoisotopic (exact) mass is 449 g/mol. The van der Waals surface area contributed by atoms with Gasteiger partial charge in [-0.2, -0.15) is 0 Å². The third-order valence-electron chi connectivity index (χ3n) is 4.06. The average Bonchev–Trinajstić information content (AvgIpc) is 2.97. The number of esters is 1. The first kappa shape index (κ1) is 21.9. The van der Waals surface area contributed by atoms with E-state index in [2.05, 4.69) is 0 Å². The summed E-state index contributed by atoms with van der Waals surface area (Å²) < 4.78 is 23.3. The van der Waals surface area contributed by atoms with Crippen molar-refractivity contribution in [2.24, 2.45) is 0 Å². The van der Waals surface area contributed by atoms with Gasteiger partial charge in [-0.1, -0.05) is 29.8 Å². The van der Waals surface area contributed by atoms with Crippen LogP contribution in [0.2, 0.25) is 5.02 Å². The lowest BCUT2D eigenvalue weighted by molar-refractivity contribution is -0.145. The van der Waals surface area contributed by atoms with Crippen LogP contribution in [0.15, 0.2) is 47.4 Å². The Morgan fingerprint density at radius 2 is 1.93 bits per heavy atom. The van der Waals surface area contributed by atoms with Gasteiger partial charge in [-0.05, 0) is 60.2 Å². The average molecular weight is 450 g/mol. The maximum absolute atomic E-state index is 13.2. The Labute approximate surface area is 181 Å². The van der Waals surface area contributed by atoms with E-state index in [0.717, 1.165) is 22.7 Å². The number of nitrogens with zero attached hydrogens (tertiary/aromatic N) is 1. The van der Waals surface area contributed by atoms with Gasteiger partial charge in [-0.25, -0.2) is 9.18 Å². The van der Waals surface area contributed by atoms with Crippen LogP contribution in [0.25, 0.3) is 6.08 Å². The quantitative estimate of drug-likeness (QED) is 0.452. The second-order valence-electron chi connectivity index (χ2n) is 6.17. The van der Waals surface area contributed by atoms with Crippen LogP contribution in [0, 0.1) is 5.82 Å². The molecule has 0 bridgehead atoms. The second kappa shape index (κ2) is 9.77. The fraction of sp³-hybridized carbons (Fsp3) is 0.190. The summed E-state index contributed by atoms with van der Waals surface area (Å²) in [5.74, 6) is -0.934. The van der Waals surface area contributed by atoms with Gasteiger partial charge >= 0.3 is 5.97 Å². The van der Waals surface area contributed by atoms with Gasteiger partial charge in [0.05, 0.1) is 18.1 Å². The van der Waals surface area contributed by atoms with Gasteiger partial charge < -0.3 is 9.47 Å². The van der Waals surface area contributed by atoms with Crippen LogP contribution in [-0.4, -0.2) is 35.2 Å². The predicted octanol–water partition coefficient (Wildman–Crippen LogP) is 4.66. The summed E-state index contributed by atoms with van der Waals surface area (Å²) >= 11 is 6.81. The zero-order valence-corrected chi connectivity index (χ0v) is 17.5. The molecule has 0 aliphatic carbocycles. The lowest BCUT2D eigenvalue weighted by atomic mass is 10.2. The molecule has 6 nitrogen and oxygen atoms in total. The van der Waals surface area contributed by atoms with E-state index < -0.39 is 22.9 Å². The number of rotatable bonds is 7. The van der Waals surface area contributed by atoms with E-state index >= 15 is 0 Å². The molecule has 2 amide bonds. The fourth-order valence-electron chi connectivity index (χ4n) is 2.61. The number of amides is 2. The smallest absolute Gasteiger partial charge is 0.344 e. The molecule has 0 saturated carbocycles. The Morgan fingerprint density at radius 1 is 1.20 bits per heavy atom. The number of carbonyl (C=O) groups excluding carboxylic acids is 3. The molecule has 3 rings (SSSR count). The number of thioether (sulfide) groups is 1. The summed E-state index contributed by atoms with van der Waals surface area (Å²) in [5.41, 5.74) is 1.16. The predicted molar refractivity (Wildman–Crippen MR) is 111 cm³/mol. The van der Waals surface area contributed by atoms with Crippen molar-refractivity contribution in [3.8, 4) is 5.75 Å². The minimum absolute atomic E-state index is 0.0399. The van der Waals surface area contributed by atoms with Crippen LogP contribution >= 0.6 is 23.4 Å². The maximum Gasteiger partial charge on any atom is 0.344 e. The minimum Gasteiger partial charge on any atom is -0.482 e. The third kappa shape index (κ3) is 5.40. The molecule has 0 radical (unpaired) electrons. The first-order chi connectivity index (χ1) is 14.4. The fourth-order valence-corrected chi connectivity index (χ4v) is 3.68.